The molecule has 5 heteroatoms. The fourth-order valence-corrected chi connectivity index (χ4v) is 1.46. The predicted molar refractivity (Wildman–Crippen MR) is 64.8 cm³/mol. The maximum absolute atomic E-state index is 11.8. The molecule has 1 aromatic heterocycles. The molecule has 2 rings (SSSR count). The Morgan fingerprint density at radius 2 is 2.18 bits per heavy atom. The van der Waals surface area contributed by atoms with Gasteiger partial charge in [0.05, 0.1) is 5.69 Å². The highest BCUT2D eigenvalue weighted by Gasteiger charge is 2.13. The van der Waals surface area contributed by atoms with E-state index in [1.807, 2.05) is 6.92 Å². The van der Waals surface area contributed by atoms with Crippen LogP contribution in [-0.4, -0.2) is 10.9 Å². The highest BCUT2D eigenvalue weighted by molar-refractivity contribution is 6.03. The minimum atomic E-state index is -0.316. The number of aryl methyl sites for hydroxylation is 2. The third kappa shape index (κ3) is 2.28. The number of nitrogen functional groups attached to an aromatic ring is 1. The fraction of sp³-hybridized carbons (Fsp3) is 0.167. The molecule has 0 spiro atoms. The summed E-state index contributed by atoms with van der Waals surface area (Å²) in [5.74, 6) is -0.0938. The van der Waals surface area contributed by atoms with E-state index in [0.717, 1.165) is 5.56 Å². The van der Waals surface area contributed by atoms with E-state index in [9.17, 15) is 4.79 Å². The van der Waals surface area contributed by atoms with Gasteiger partial charge in [-0.05, 0) is 37.6 Å². The van der Waals surface area contributed by atoms with Gasteiger partial charge in [0.2, 0.25) is 5.76 Å². The Morgan fingerprint density at radius 3 is 2.76 bits per heavy atom. The summed E-state index contributed by atoms with van der Waals surface area (Å²) in [4.78, 5) is 15.7. The number of nitrogens with zero attached hydrogens (tertiary/aromatic N) is 1. The molecule has 0 aliphatic heterocycles. The minimum Gasteiger partial charge on any atom is -0.438 e. The molecule has 0 atom stereocenters. The Balaban J connectivity index is 2.19. The summed E-state index contributed by atoms with van der Waals surface area (Å²) in [5.41, 5.74) is 8.55. The average molecular weight is 231 g/mol. The zero-order valence-corrected chi connectivity index (χ0v) is 9.65. The third-order valence-corrected chi connectivity index (χ3v) is 2.48. The van der Waals surface area contributed by atoms with Crippen LogP contribution in [0.5, 0.6) is 0 Å². The van der Waals surface area contributed by atoms with Crippen LogP contribution in [0.15, 0.2) is 29.0 Å². The van der Waals surface area contributed by atoms with Crippen LogP contribution >= 0.6 is 0 Å². The van der Waals surface area contributed by atoms with Crippen molar-refractivity contribution in [3.63, 3.8) is 0 Å². The number of anilines is 2. The lowest BCUT2D eigenvalue weighted by Gasteiger charge is -2.06. The highest BCUT2D eigenvalue weighted by Crippen LogP contribution is 2.17. The Labute approximate surface area is 98.6 Å². The molecule has 5 nitrogen and oxygen atoms in total. The number of rotatable bonds is 2. The number of nitrogens with one attached hydrogen (secondary N) is 1. The van der Waals surface area contributed by atoms with Gasteiger partial charge in [-0.25, -0.2) is 4.98 Å². The van der Waals surface area contributed by atoms with Crippen LogP contribution in [0.3, 0.4) is 0 Å². The van der Waals surface area contributed by atoms with Crippen molar-refractivity contribution in [2.24, 2.45) is 0 Å². The van der Waals surface area contributed by atoms with Crippen molar-refractivity contribution in [2.75, 3.05) is 11.1 Å². The Morgan fingerprint density at radius 1 is 1.41 bits per heavy atom. The molecular weight excluding hydrogens is 218 g/mol. The van der Waals surface area contributed by atoms with Gasteiger partial charge < -0.3 is 15.5 Å². The maximum Gasteiger partial charge on any atom is 0.293 e. The first-order valence-corrected chi connectivity index (χ1v) is 5.15. The lowest BCUT2D eigenvalue weighted by molar-refractivity contribution is 0.0996. The van der Waals surface area contributed by atoms with Crippen molar-refractivity contribution in [1.29, 1.82) is 0 Å². The molecule has 0 fully saturated rings. The number of hydrogen-bond donors (Lipinski definition) is 2. The second kappa shape index (κ2) is 4.29. The van der Waals surface area contributed by atoms with Gasteiger partial charge in [-0.3, -0.25) is 4.79 Å². The number of oxazole rings is 1. The topological polar surface area (TPSA) is 81.2 Å². The molecule has 1 amide bonds. The molecular formula is C12H13N3O2. The largest absolute Gasteiger partial charge is 0.438 e. The van der Waals surface area contributed by atoms with Crippen LogP contribution in [0.1, 0.15) is 21.8 Å². The van der Waals surface area contributed by atoms with Gasteiger partial charge in [-0.15, -0.1) is 0 Å². The van der Waals surface area contributed by atoms with E-state index in [1.165, 1.54) is 6.39 Å². The van der Waals surface area contributed by atoms with E-state index >= 15 is 0 Å². The zero-order chi connectivity index (χ0) is 12.4. The van der Waals surface area contributed by atoms with Crippen molar-refractivity contribution in [3.8, 4) is 0 Å². The lowest BCUT2D eigenvalue weighted by Crippen LogP contribution is -2.12. The van der Waals surface area contributed by atoms with E-state index in [-0.39, 0.29) is 11.7 Å². The lowest BCUT2D eigenvalue weighted by atomic mass is 10.2. The average Bonchev–Trinajstić information content (AvgIpc) is 2.70. The van der Waals surface area contributed by atoms with Gasteiger partial charge in [0.1, 0.15) is 0 Å². The molecule has 17 heavy (non-hydrogen) atoms. The van der Waals surface area contributed by atoms with Gasteiger partial charge >= 0.3 is 0 Å². The molecule has 0 radical (unpaired) electrons. The number of nitrogens with two attached hydrogens (primary N) is 1. The van der Waals surface area contributed by atoms with Crippen LogP contribution in [0, 0.1) is 13.8 Å². The molecule has 1 aromatic carbocycles. The summed E-state index contributed by atoms with van der Waals surface area (Å²) in [5, 5.41) is 2.72. The summed E-state index contributed by atoms with van der Waals surface area (Å²) in [7, 11) is 0. The van der Waals surface area contributed by atoms with Crippen LogP contribution in [0.25, 0.3) is 0 Å². The van der Waals surface area contributed by atoms with E-state index < -0.39 is 0 Å². The first-order valence-electron chi connectivity index (χ1n) is 5.15. The van der Waals surface area contributed by atoms with Gasteiger partial charge in [0.25, 0.3) is 5.91 Å². The smallest absolute Gasteiger partial charge is 0.293 e. The second-order valence-electron chi connectivity index (χ2n) is 3.79. The third-order valence-electron chi connectivity index (χ3n) is 2.48. The number of amides is 1. The quantitative estimate of drug-likeness (QED) is 0.776. The molecule has 3 N–H and O–H groups in total. The molecule has 0 unspecified atom stereocenters. The number of aromatic nitrogens is 1. The normalized spacial score (nSPS) is 10.2. The monoisotopic (exact) mass is 231 g/mol. The molecule has 0 bridgehead atoms. The number of hydrogen-bond acceptors (Lipinski definition) is 4. The van der Waals surface area contributed by atoms with Crippen molar-refractivity contribution in [2.45, 2.75) is 13.8 Å². The SMILES string of the molecule is Cc1cc(NC(=O)c2ocnc2C)ccc1N. The van der Waals surface area contributed by atoms with Gasteiger partial charge in [-0.2, -0.15) is 0 Å². The zero-order valence-electron chi connectivity index (χ0n) is 9.65. The minimum absolute atomic E-state index is 0.222. The maximum atomic E-state index is 11.8. The molecule has 2 aromatic rings. The summed E-state index contributed by atoms with van der Waals surface area (Å²) in [6.07, 6.45) is 1.25. The van der Waals surface area contributed by atoms with E-state index in [2.05, 4.69) is 10.3 Å². The standard InChI is InChI=1S/C12H13N3O2/c1-7-5-9(3-4-10(7)13)15-12(16)11-8(2)14-6-17-11/h3-6H,13H2,1-2H3,(H,15,16). The molecule has 1 heterocycles. The second-order valence-corrected chi connectivity index (χ2v) is 3.79. The van der Waals surface area contributed by atoms with E-state index in [4.69, 9.17) is 10.2 Å². The Kier molecular flexibility index (Phi) is 2.82. The first kappa shape index (κ1) is 11.2. The fourth-order valence-electron chi connectivity index (χ4n) is 1.46. The van der Waals surface area contributed by atoms with Crippen LogP contribution < -0.4 is 11.1 Å². The Bertz CT molecular complexity index is 561. The summed E-state index contributed by atoms with van der Waals surface area (Å²) < 4.78 is 5.00. The van der Waals surface area contributed by atoms with Crippen molar-refractivity contribution in [1.82, 2.24) is 4.98 Å². The summed E-state index contributed by atoms with van der Waals surface area (Å²) in [6.45, 7) is 3.59. The van der Waals surface area contributed by atoms with Gasteiger partial charge in [0, 0.05) is 11.4 Å². The van der Waals surface area contributed by atoms with Crippen molar-refractivity contribution < 1.29 is 9.21 Å². The van der Waals surface area contributed by atoms with Gasteiger partial charge in [0.15, 0.2) is 6.39 Å². The molecule has 0 saturated heterocycles. The summed E-state index contributed by atoms with van der Waals surface area (Å²) in [6, 6.07) is 5.29. The molecule has 0 saturated carbocycles. The number of carbonyl (C=O) groups excluding carboxylic acids is 1. The van der Waals surface area contributed by atoms with Crippen LogP contribution in [0.4, 0.5) is 11.4 Å². The van der Waals surface area contributed by atoms with E-state index in [1.54, 1.807) is 25.1 Å². The highest BCUT2D eigenvalue weighted by atomic mass is 16.3. The molecule has 88 valence electrons. The molecule has 0 aliphatic carbocycles. The van der Waals surface area contributed by atoms with Crippen LogP contribution in [0.2, 0.25) is 0 Å². The van der Waals surface area contributed by atoms with Crippen molar-refractivity contribution >= 4 is 17.3 Å². The van der Waals surface area contributed by atoms with E-state index in [0.29, 0.717) is 17.1 Å². The Hall–Kier alpha value is -2.30. The number of carbonyl (C=O) groups is 1. The van der Waals surface area contributed by atoms with Gasteiger partial charge in [-0.1, -0.05) is 0 Å². The van der Waals surface area contributed by atoms with Crippen LogP contribution in [-0.2, 0) is 0 Å². The number of benzene rings is 1. The molecule has 0 aliphatic rings. The predicted octanol–water partition coefficient (Wildman–Crippen LogP) is 2.13. The van der Waals surface area contributed by atoms with Crippen molar-refractivity contribution in [3.05, 3.63) is 41.6 Å². The first-order chi connectivity index (χ1) is 8.08. The summed E-state index contributed by atoms with van der Waals surface area (Å²) >= 11 is 0.